The van der Waals surface area contributed by atoms with E-state index in [0.29, 0.717) is 16.9 Å². The molecule has 0 spiro atoms. The SMILES string of the molecule is COc1cc(N2CCC(N3CCN(CC4CC4)CC3)CC2)ccc1NC1N=CC(Cl)=C(Nc2ccccc2P(C)(C)=O)N1. The van der Waals surface area contributed by atoms with E-state index in [2.05, 4.69) is 53.8 Å². The number of rotatable bonds is 10. The molecular weight excluding hydrogens is 581 g/mol. The summed E-state index contributed by atoms with van der Waals surface area (Å²) in [5.74, 6) is 2.34. The fraction of sp³-hybridized carbons (Fsp3) is 0.531. The molecule has 0 radical (unpaired) electrons. The Bertz CT molecular complexity index is 1390. The maximum absolute atomic E-state index is 12.8. The molecule has 3 fully saturated rings. The second kappa shape index (κ2) is 13.1. The Labute approximate surface area is 261 Å². The van der Waals surface area contributed by atoms with Crippen molar-refractivity contribution in [3.8, 4) is 5.75 Å². The molecule has 11 heteroatoms. The molecule has 1 aliphatic carbocycles. The summed E-state index contributed by atoms with van der Waals surface area (Å²) in [4.78, 5) is 12.4. The summed E-state index contributed by atoms with van der Waals surface area (Å²) < 4.78 is 18.6. The zero-order valence-electron chi connectivity index (χ0n) is 25.6. The van der Waals surface area contributed by atoms with E-state index >= 15 is 0 Å². The van der Waals surface area contributed by atoms with Crippen LogP contribution in [-0.2, 0) is 4.57 Å². The highest BCUT2D eigenvalue weighted by molar-refractivity contribution is 7.70. The highest BCUT2D eigenvalue weighted by Crippen LogP contribution is 2.38. The van der Waals surface area contributed by atoms with Gasteiger partial charge in [0.1, 0.15) is 18.7 Å². The van der Waals surface area contributed by atoms with Gasteiger partial charge in [0.25, 0.3) is 0 Å². The molecule has 3 aliphatic heterocycles. The van der Waals surface area contributed by atoms with Crippen LogP contribution in [0.15, 0.2) is 58.3 Å². The summed E-state index contributed by atoms with van der Waals surface area (Å²) in [6, 6.07) is 14.6. The average molecular weight is 626 g/mol. The molecule has 0 aromatic heterocycles. The van der Waals surface area contributed by atoms with Crippen LogP contribution in [0.4, 0.5) is 17.1 Å². The number of anilines is 3. The van der Waals surface area contributed by atoms with Crippen LogP contribution in [0.1, 0.15) is 25.7 Å². The predicted molar refractivity (Wildman–Crippen MR) is 180 cm³/mol. The van der Waals surface area contributed by atoms with E-state index < -0.39 is 13.4 Å². The molecule has 2 aromatic carbocycles. The predicted octanol–water partition coefficient (Wildman–Crippen LogP) is 4.83. The molecule has 1 unspecified atom stereocenters. The van der Waals surface area contributed by atoms with Gasteiger partial charge in [-0.1, -0.05) is 23.7 Å². The van der Waals surface area contributed by atoms with Crippen LogP contribution in [-0.4, -0.2) is 94.6 Å². The van der Waals surface area contributed by atoms with Crippen molar-refractivity contribution in [2.75, 3.05) is 81.8 Å². The number of nitrogens with zero attached hydrogens (tertiary/aromatic N) is 4. The van der Waals surface area contributed by atoms with Gasteiger partial charge in [-0.15, -0.1) is 0 Å². The average Bonchev–Trinajstić information content (AvgIpc) is 3.83. The van der Waals surface area contributed by atoms with Gasteiger partial charge in [0.2, 0.25) is 0 Å². The number of hydrogen-bond acceptors (Lipinski definition) is 9. The van der Waals surface area contributed by atoms with E-state index in [1.165, 1.54) is 64.1 Å². The first-order valence-electron chi connectivity index (χ1n) is 15.5. The second-order valence-corrected chi connectivity index (χ2v) is 16.2. The zero-order chi connectivity index (χ0) is 30.0. The number of halogens is 1. The Morgan fingerprint density at radius 3 is 2.44 bits per heavy atom. The third-order valence-electron chi connectivity index (χ3n) is 9.04. The molecule has 1 saturated carbocycles. The first-order chi connectivity index (χ1) is 20.8. The number of allylic oxidation sites excluding steroid dienone is 1. The minimum Gasteiger partial charge on any atom is -0.495 e. The molecule has 9 nitrogen and oxygen atoms in total. The van der Waals surface area contributed by atoms with Crippen LogP contribution in [0.5, 0.6) is 5.75 Å². The van der Waals surface area contributed by atoms with Crippen molar-refractivity contribution in [3.63, 3.8) is 0 Å². The number of piperidine rings is 1. The van der Waals surface area contributed by atoms with Gasteiger partial charge in [-0.3, -0.25) is 4.90 Å². The van der Waals surface area contributed by atoms with Gasteiger partial charge < -0.3 is 35.1 Å². The Balaban J connectivity index is 1.04. The van der Waals surface area contributed by atoms with Gasteiger partial charge in [-0.25, -0.2) is 4.99 Å². The van der Waals surface area contributed by atoms with Crippen molar-refractivity contribution in [2.24, 2.45) is 10.9 Å². The van der Waals surface area contributed by atoms with Crippen molar-refractivity contribution in [2.45, 2.75) is 38.0 Å². The summed E-state index contributed by atoms with van der Waals surface area (Å²) in [7, 11) is -0.786. The topological polar surface area (TPSA) is 84.5 Å². The number of aliphatic imine (C=N–C) groups is 1. The Morgan fingerprint density at radius 2 is 1.74 bits per heavy atom. The van der Waals surface area contributed by atoms with E-state index in [9.17, 15) is 4.57 Å². The first kappa shape index (κ1) is 30.3. The van der Waals surface area contributed by atoms with Crippen LogP contribution in [0, 0.1) is 5.92 Å². The van der Waals surface area contributed by atoms with Gasteiger partial charge in [-0.2, -0.15) is 0 Å². The van der Waals surface area contributed by atoms with Crippen LogP contribution >= 0.6 is 18.7 Å². The van der Waals surface area contributed by atoms with Crippen molar-refractivity contribution in [1.29, 1.82) is 0 Å². The third-order valence-corrected chi connectivity index (χ3v) is 10.9. The largest absolute Gasteiger partial charge is 0.495 e. The molecule has 3 N–H and O–H groups in total. The molecule has 43 heavy (non-hydrogen) atoms. The van der Waals surface area contributed by atoms with E-state index in [4.69, 9.17) is 16.3 Å². The normalized spacial score (nSPS) is 22.4. The molecule has 232 valence electrons. The lowest BCUT2D eigenvalue weighted by molar-refractivity contribution is 0.0825. The molecule has 6 rings (SSSR count). The quantitative estimate of drug-likeness (QED) is 0.324. The van der Waals surface area contributed by atoms with Crippen molar-refractivity contribution in [3.05, 3.63) is 53.3 Å². The highest BCUT2D eigenvalue weighted by atomic mass is 35.5. The number of benzene rings is 2. The number of nitrogens with one attached hydrogen (secondary N) is 3. The lowest BCUT2D eigenvalue weighted by Gasteiger charge is -2.43. The third kappa shape index (κ3) is 7.51. The molecule has 0 bridgehead atoms. The van der Waals surface area contributed by atoms with Crippen molar-refractivity contribution in [1.82, 2.24) is 15.1 Å². The maximum Gasteiger partial charge on any atom is 0.195 e. The molecule has 3 heterocycles. The first-order valence-corrected chi connectivity index (χ1v) is 18.5. The monoisotopic (exact) mass is 625 g/mol. The zero-order valence-corrected chi connectivity index (χ0v) is 27.2. The molecule has 2 saturated heterocycles. The van der Waals surface area contributed by atoms with Gasteiger partial charge in [-0.05, 0) is 69.2 Å². The second-order valence-electron chi connectivity index (χ2n) is 12.6. The van der Waals surface area contributed by atoms with Crippen LogP contribution < -0.4 is 30.9 Å². The highest BCUT2D eigenvalue weighted by Gasteiger charge is 2.30. The summed E-state index contributed by atoms with van der Waals surface area (Å²) in [5, 5.41) is 11.3. The van der Waals surface area contributed by atoms with Crippen LogP contribution in [0.2, 0.25) is 0 Å². The Hall–Kier alpha value is -2.71. The molecule has 4 aliphatic rings. The fourth-order valence-electron chi connectivity index (χ4n) is 6.41. The summed E-state index contributed by atoms with van der Waals surface area (Å²) in [5.41, 5.74) is 2.77. The minimum atomic E-state index is -2.49. The van der Waals surface area contributed by atoms with Gasteiger partial charge in [0.15, 0.2) is 6.29 Å². The Morgan fingerprint density at radius 1 is 1.00 bits per heavy atom. The fourth-order valence-corrected chi connectivity index (χ4v) is 7.72. The van der Waals surface area contributed by atoms with Crippen LogP contribution in [0.3, 0.4) is 0 Å². The van der Waals surface area contributed by atoms with E-state index in [1.807, 2.05) is 24.3 Å². The van der Waals surface area contributed by atoms with Gasteiger partial charge >= 0.3 is 0 Å². The van der Waals surface area contributed by atoms with Crippen LogP contribution in [0.25, 0.3) is 0 Å². The van der Waals surface area contributed by atoms with Gasteiger partial charge in [0.05, 0.1) is 23.5 Å². The van der Waals surface area contributed by atoms with E-state index in [-0.39, 0.29) is 0 Å². The molecule has 0 amide bonds. The van der Waals surface area contributed by atoms with E-state index in [0.717, 1.165) is 41.4 Å². The van der Waals surface area contributed by atoms with E-state index in [1.54, 1.807) is 26.7 Å². The Kier molecular flexibility index (Phi) is 9.24. The summed E-state index contributed by atoms with van der Waals surface area (Å²) >= 11 is 6.49. The maximum atomic E-state index is 12.8. The molecule has 1 atom stereocenters. The number of methoxy groups -OCH3 is 1. The minimum absolute atomic E-state index is 0.445. The standard InChI is InChI=1S/C32H45ClN7O2P/c1-42-29-20-25(39-14-12-24(13-15-39)40-18-16-38(17-19-40)22-23-8-9-23)10-11-27(29)36-32-34-21-26(33)31(37-32)35-28-6-4-5-7-30(28)43(2,3)41/h4-7,10-11,20-21,23-24,32,35-37H,8-9,12-19,22H2,1-3H3. The lowest BCUT2D eigenvalue weighted by atomic mass is 10.0. The number of ether oxygens (including phenoxy) is 1. The number of hydrogen-bond donors (Lipinski definition) is 3. The van der Waals surface area contributed by atoms with Crippen molar-refractivity contribution < 1.29 is 9.30 Å². The number of piperazine rings is 1. The van der Waals surface area contributed by atoms with Crippen molar-refractivity contribution >= 4 is 47.3 Å². The number of para-hydroxylation sites is 1. The van der Waals surface area contributed by atoms with Gasteiger partial charge in [0, 0.05) is 75.1 Å². The summed E-state index contributed by atoms with van der Waals surface area (Å²) in [6.07, 6.45) is 6.43. The molecule has 2 aromatic rings. The smallest absolute Gasteiger partial charge is 0.195 e. The lowest BCUT2D eigenvalue weighted by Crippen LogP contribution is -2.53. The summed E-state index contributed by atoms with van der Waals surface area (Å²) in [6.45, 7) is 11.8. The molecular formula is C32H45ClN7O2P.